The Hall–Kier alpha value is -3.32. The molecule has 0 bridgehead atoms. The van der Waals surface area contributed by atoms with Crippen LogP contribution in [0.3, 0.4) is 0 Å². The molecule has 0 radical (unpaired) electrons. The Kier molecular flexibility index (Phi) is 9.10. The number of nitrogens with zero attached hydrogens (tertiary/aromatic N) is 1. The van der Waals surface area contributed by atoms with Crippen LogP contribution in [-0.4, -0.2) is 63.0 Å². The van der Waals surface area contributed by atoms with Crippen molar-refractivity contribution >= 4 is 33.3 Å². The number of halogens is 3. The van der Waals surface area contributed by atoms with Crippen LogP contribution in [-0.2, 0) is 19.6 Å². The first-order chi connectivity index (χ1) is 16.2. The molecule has 0 saturated carbocycles. The van der Waals surface area contributed by atoms with E-state index in [9.17, 15) is 31.5 Å². The number of hydrogen-bond donors (Lipinski definition) is 3. The highest BCUT2D eigenvalue weighted by Crippen LogP contribution is 2.27. The molecule has 0 amide bonds. The van der Waals surface area contributed by atoms with E-state index in [1.165, 1.54) is 6.07 Å². The van der Waals surface area contributed by atoms with E-state index in [1.54, 1.807) is 36.4 Å². The SMILES string of the molecule is CC(C)c1ccc(S(=O)(=O)Nc2ccc(N3CCOCC3)c(C(=O)O)c2)cc1.O=C(O)C(F)(F)F. The first-order valence-electron chi connectivity index (χ1n) is 10.4. The van der Waals surface area contributed by atoms with Crippen LogP contribution < -0.4 is 9.62 Å². The maximum absolute atomic E-state index is 12.7. The predicted molar refractivity (Wildman–Crippen MR) is 121 cm³/mol. The third-order valence-electron chi connectivity index (χ3n) is 4.93. The second-order valence-corrected chi connectivity index (χ2v) is 9.45. The smallest absolute Gasteiger partial charge is 0.478 e. The zero-order valence-corrected chi connectivity index (χ0v) is 19.7. The third-order valence-corrected chi connectivity index (χ3v) is 6.33. The van der Waals surface area contributed by atoms with Crippen LogP contribution in [0.4, 0.5) is 24.5 Å². The summed E-state index contributed by atoms with van der Waals surface area (Å²) in [5.74, 6) is -3.56. The number of nitrogens with one attached hydrogen (secondary N) is 1. The lowest BCUT2D eigenvalue weighted by molar-refractivity contribution is -0.192. The average molecular weight is 519 g/mol. The van der Waals surface area contributed by atoms with Gasteiger partial charge in [0.2, 0.25) is 0 Å². The topological polar surface area (TPSA) is 133 Å². The molecule has 0 spiro atoms. The molecule has 0 unspecified atom stereocenters. The molecule has 192 valence electrons. The maximum Gasteiger partial charge on any atom is 0.490 e. The first-order valence-corrected chi connectivity index (χ1v) is 11.8. The van der Waals surface area contributed by atoms with Crippen LogP contribution in [0.5, 0.6) is 0 Å². The fourth-order valence-electron chi connectivity index (χ4n) is 3.10. The van der Waals surface area contributed by atoms with Gasteiger partial charge < -0.3 is 19.8 Å². The van der Waals surface area contributed by atoms with Gasteiger partial charge in [0, 0.05) is 18.8 Å². The zero-order valence-electron chi connectivity index (χ0n) is 18.9. The second kappa shape index (κ2) is 11.4. The number of anilines is 2. The van der Waals surface area contributed by atoms with Gasteiger partial charge in [-0.05, 0) is 41.8 Å². The summed E-state index contributed by atoms with van der Waals surface area (Å²) in [4.78, 5) is 22.7. The Morgan fingerprint density at radius 3 is 2.03 bits per heavy atom. The monoisotopic (exact) mass is 518 g/mol. The molecule has 3 rings (SSSR count). The van der Waals surface area contributed by atoms with E-state index in [0.29, 0.717) is 37.9 Å². The summed E-state index contributed by atoms with van der Waals surface area (Å²) in [7, 11) is -3.81. The Morgan fingerprint density at radius 2 is 1.57 bits per heavy atom. The van der Waals surface area contributed by atoms with E-state index in [2.05, 4.69) is 4.72 Å². The van der Waals surface area contributed by atoms with Crippen LogP contribution in [0.15, 0.2) is 47.4 Å². The Balaban J connectivity index is 0.000000540. The van der Waals surface area contributed by atoms with E-state index < -0.39 is 28.1 Å². The predicted octanol–water partition coefficient (Wildman–Crippen LogP) is 3.78. The fraction of sp³-hybridized carbons (Fsp3) is 0.364. The minimum absolute atomic E-state index is 0.0530. The Labute approximate surface area is 200 Å². The van der Waals surface area contributed by atoms with Gasteiger partial charge in [0.25, 0.3) is 10.0 Å². The van der Waals surface area contributed by atoms with Crippen molar-refractivity contribution in [2.24, 2.45) is 0 Å². The van der Waals surface area contributed by atoms with Gasteiger partial charge in [-0.3, -0.25) is 4.72 Å². The number of carbonyl (C=O) groups is 2. The fourth-order valence-corrected chi connectivity index (χ4v) is 4.15. The van der Waals surface area contributed by atoms with Crippen molar-refractivity contribution in [2.75, 3.05) is 35.9 Å². The van der Waals surface area contributed by atoms with Crippen molar-refractivity contribution < 1.29 is 46.1 Å². The Morgan fingerprint density at radius 1 is 1.03 bits per heavy atom. The van der Waals surface area contributed by atoms with Gasteiger partial charge in [0.05, 0.1) is 29.4 Å². The van der Waals surface area contributed by atoms with Gasteiger partial charge >= 0.3 is 18.1 Å². The van der Waals surface area contributed by atoms with E-state index >= 15 is 0 Å². The van der Waals surface area contributed by atoms with Crippen molar-refractivity contribution in [2.45, 2.75) is 30.8 Å². The minimum Gasteiger partial charge on any atom is -0.478 e. The summed E-state index contributed by atoms with van der Waals surface area (Å²) in [6, 6.07) is 11.2. The summed E-state index contributed by atoms with van der Waals surface area (Å²) in [5, 5.41) is 16.7. The molecule has 9 nitrogen and oxygen atoms in total. The molecule has 1 saturated heterocycles. The number of carboxylic acid groups (broad SMARTS) is 2. The van der Waals surface area contributed by atoms with Crippen LogP contribution in [0.1, 0.15) is 35.7 Å². The molecule has 2 aromatic carbocycles. The minimum atomic E-state index is -5.08. The molecule has 2 aromatic rings. The summed E-state index contributed by atoms with van der Waals surface area (Å²) >= 11 is 0. The molecule has 1 heterocycles. The summed E-state index contributed by atoms with van der Waals surface area (Å²) in [5.41, 5.74) is 1.86. The lowest BCUT2D eigenvalue weighted by Gasteiger charge is -2.30. The lowest BCUT2D eigenvalue weighted by atomic mass is 10.0. The van der Waals surface area contributed by atoms with Gasteiger partial charge in [-0.2, -0.15) is 13.2 Å². The number of sulfonamides is 1. The first kappa shape index (κ1) is 27.9. The number of aromatic carboxylic acids is 1. The van der Waals surface area contributed by atoms with Crippen molar-refractivity contribution in [3.63, 3.8) is 0 Å². The van der Waals surface area contributed by atoms with Crippen molar-refractivity contribution in [1.82, 2.24) is 0 Å². The van der Waals surface area contributed by atoms with Crippen LogP contribution in [0, 0.1) is 0 Å². The molecule has 1 fully saturated rings. The highest BCUT2D eigenvalue weighted by atomic mass is 32.2. The number of aliphatic carboxylic acids is 1. The highest BCUT2D eigenvalue weighted by molar-refractivity contribution is 7.92. The number of carboxylic acids is 2. The van der Waals surface area contributed by atoms with Crippen molar-refractivity contribution in [3.8, 4) is 0 Å². The number of rotatable bonds is 6. The zero-order chi connectivity index (χ0) is 26.4. The molecule has 13 heteroatoms. The normalized spacial score (nSPS) is 14.2. The molecule has 35 heavy (non-hydrogen) atoms. The van der Waals surface area contributed by atoms with Crippen LogP contribution in [0.2, 0.25) is 0 Å². The Bertz CT molecular complexity index is 1140. The van der Waals surface area contributed by atoms with Gasteiger partial charge in [0.1, 0.15) is 0 Å². The average Bonchev–Trinajstić information content (AvgIpc) is 2.79. The van der Waals surface area contributed by atoms with Gasteiger partial charge in [-0.15, -0.1) is 0 Å². The van der Waals surface area contributed by atoms with Gasteiger partial charge in [0.15, 0.2) is 0 Å². The summed E-state index contributed by atoms with van der Waals surface area (Å²) < 4.78 is 64.8. The number of benzene rings is 2. The number of alkyl halides is 3. The molecule has 1 aliphatic rings. The summed E-state index contributed by atoms with van der Waals surface area (Å²) in [6.07, 6.45) is -5.08. The molecular weight excluding hydrogens is 493 g/mol. The third kappa shape index (κ3) is 7.86. The highest BCUT2D eigenvalue weighted by Gasteiger charge is 2.38. The maximum atomic E-state index is 12.7. The molecule has 0 aliphatic carbocycles. The standard InChI is InChI=1S/C20H24N2O5S.C2HF3O2/c1-14(2)15-3-6-17(7-4-15)28(25,26)21-16-5-8-19(18(13-16)20(23)24)22-9-11-27-12-10-22;3-2(4,5)1(6)7/h3-8,13-14,21H,9-12H2,1-2H3,(H,23,24);(H,6,7). The second-order valence-electron chi connectivity index (χ2n) is 7.77. The molecule has 3 N–H and O–H groups in total. The molecule has 1 aliphatic heterocycles. The van der Waals surface area contributed by atoms with E-state index in [-0.39, 0.29) is 16.1 Å². The van der Waals surface area contributed by atoms with E-state index in [0.717, 1.165) is 5.56 Å². The van der Waals surface area contributed by atoms with E-state index in [1.807, 2.05) is 18.7 Å². The lowest BCUT2D eigenvalue weighted by Crippen LogP contribution is -2.37. The molecular formula is C22H25F3N2O7S. The number of morpholine rings is 1. The quantitative estimate of drug-likeness (QED) is 0.526. The van der Waals surface area contributed by atoms with Crippen LogP contribution in [0.25, 0.3) is 0 Å². The van der Waals surface area contributed by atoms with E-state index in [4.69, 9.17) is 14.6 Å². The largest absolute Gasteiger partial charge is 0.490 e. The summed E-state index contributed by atoms with van der Waals surface area (Å²) in [6.45, 7) is 6.30. The van der Waals surface area contributed by atoms with Crippen LogP contribution >= 0.6 is 0 Å². The molecule has 0 aromatic heterocycles. The number of hydrogen-bond acceptors (Lipinski definition) is 6. The van der Waals surface area contributed by atoms with Gasteiger partial charge in [-0.25, -0.2) is 18.0 Å². The van der Waals surface area contributed by atoms with Gasteiger partial charge in [-0.1, -0.05) is 26.0 Å². The molecule has 0 atom stereocenters. The van der Waals surface area contributed by atoms with Crippen molar-refractivity contribution in [1.29, 1.82) is 0 Å². The van der Waals surface area contributed by atoms with Crippen molar-refractivity contribution in [3.05, 3.63) is 53.6 Å². The number of ether oxygens (including phenoxy) is 1.